The van der Waals surface area contributed by atoms with Gasteiger partial charge in [0.25, 0.3) is 5.91 Å². The summed E-state index contributed by atoms with van der Waals surface area (Å²) in [4.78, 5) is 26.7. The minimum absolute atomic E-state index is 0.0871. The Morgan fingerprint density at radius 2 is 1.85 bits per heavy atom. The molecule has 6 heteroatoms. The third kappa shape index (κ3) is 4.70. The highest BCUT2D eigenvalue weighted by atomic mass is 19.1. The summed E-state index contributed by atoms with van der Waals surface area (Å²) < 4.78 is 13.0. The van der Waals surface area contributed by atoms with Gasteiger partial charge >= 0.3 is 0 Å². The van der Waals surface area contributed by atoms with Gasteiger partial charge in [-0.2, -0.15) is 5.26 Å². The maximum atomic E-state index is 13.0. The van der Waals surface area contributed by atoms with E-state index in [1.807, 2.05) is 12.1 Å². The number of benzene rings is 2. The van der Waals surface area contributed by atoms with Crippen molar-refractivity contribution in [3.63, 3.8) is 0 Å². The summed E-state index contributed by atoms with van der Waals surface area (Å²) in [7, 11) is 0. The normalized spacial score (nSPS) is 16.4. The van der Waals surface area contributed by atoms with Crippen LogP contribution in [0.3, 0.4) is 0 Å². The molecule has 0 saturated carbocycles. The second-order valence-corrected chi connectivity index (χ2v) is 6.62. The van der Waals surface area contributed by atoms with Gasteiger partial charge in [-0.25, -0.2) is 4.39 Å². The highest BCUT2D eigenvalue weighted by molar-refractivity contribution is 5.94. The predicted molar refractivity (Wildman–Crippen MR) is 98.0 cm³/mol. The molecule has 138 valence electrons. The van der Waals surface area contributed by atoms with Gasteiger partial charge in [0.2, 0.25) is 5.91 Å². The predicted octanol–water partition coefficient (Wildman–Crippen LogP) is 2.87. The number of hydrogen-bond donors (Lipinski definition) is 1. The van der Waals surface area contributed by atoms with E-state index >= 15 is 0 Å². The fraction of sp³-hybridized carbons (Fsp3) is 0.286. The first-order valence-corrected chi connectivity index (χ1v) is 8.88. The minimum Gasteiger partial charge on any atom is -0.352 e. The Bertz CT molecular complexity index is 856. The van der Waals surface area contributed by atoms with Gasteiger partial charge in [0.15, 0.2) is 0 Å². The molecule has 2 aromatic rings. The topological polar surface area (TPSA) is 73.2 Å². The van der Waals surface area contributed by atoms with E-state index in [2.05, 4.69) is 11.4 Å². The fourth-order valence-corrected chi connectivity index (χ4v) is 3.18. The number of likely N-dealkylation sites (tertiary alicyclic amines) is 1. The minimum atomic E-state index is -0.384. The maximum absolute atomic E-state index is 13.0. The van der Waals surface area contributed by atoms with Gasteiger partial charge in [-0.3, -0.25) is 9.59 Å². The lowest BCUT2D eigenvalue weighted by Crippen LogP contribution is -2.45. The SMILES string of the molecule is N#Cc1ccc(CNC(=O)C2CCCN(C(=O)c3ccc(F)cc3)C2)cc1. The van der Waals surface area contributed by atoms with Gasteiger partial charge < -0.3 is 10.2 Å². The number of hydrogen-bond acceptors (Lipinski definition) is 3. The van der Waals surface area contributed by atoms with E-state index in [1.165, 1.54) is 24.3 Å². The molecule has 1 aliphatic rings. The lowest BCUT2D eigenvalue weighted by molar-refractivity contribution is -0.126. The van der Waals surface area contributed by atoms with Crippen LogP contribution in [0.4, 0.5) is 4.39 Å². The Balaban J connectivity index is 1.56. The summed E-state index contributed by atoms with van der Waals surface area (Å²) in [5.41, 5.74) is 1.92. The van der Waals surface area contributed by atoms with E-state index in [1.54, 1.807) is 17.0 Å². The molecule has 27 heavy (non-hydrogen) atoms. The molecular formula is C21H20FN3O2. The van der Waals surface area contributed by atoms with Crippen LogP contribution < -0.4 is 5.32 Å². The molecule has 1 heterocycles. The molecule has 0 bridgehead atoms. The molecule has 0 aromatic heterocycles. The number of halogens is 1. The summed E-state index contributed by atoms with van der Waals surface area (Å²) in [5, 5.41) is 11.7. The van der Waals surface area contributed by atoms with Crippen LogP contribution in [0, 0.1) is 23.1 Å². The molecule has 1 saturated heterocycles. The van der Waals surface area contributed by atoms with Crippen molar-refractivity contribution in [2.45, 2.75) is 19.4 Å². The molecule has 1 fully saturated rings. The van der Waals surface area contributed by atoms with Crippen LogP contribution in [0.15, 0.2) is 48.5 Å². The quantitative estimate of drug-likeness (QED) is 0.905. The summed E-state index contributed by atoms with van der Waals surface area (Å²) in [6.07, 6.45) is 1.48. The van der Waals surface area contributed by atoms with Crippen LogP contribution in [0.2, 0.25) is 0 Å². The molecule has 1 aliphatic heterocycles. The Labute approximate surface area is 157 Å². The van der Waals surface area contributed by atoms with Crippen LogP contribution in [0.1, 0.15) is 34.3 Å². The molecule has 3 rings (SSSR count). The average Bonchev–Trinajstić information content (AvgIpc) is 2.72. The first-order chi connectivity index (χ1) is 13.1. The molecule has 0 radical (unpaired) electrons. The van der Waals surface area contributed by atoms with Crippen molar-refractivity contribution in [2.24, 2.45) is 5.92 Å². The van der Waals surface area contributed by atoms with E-state index in [0.29, 0.717) is 30.8 Å². The number of rotatable bonds is 4. The van der Waals surface area contributed by atoms with E-state index in [-0.39, 0.29) is 23.5 Å². The van der Waals surface area contributed by atoms with Crippen molar-refractivity contribution < 1.29 is 14.0 Å². The van der Waals surface area contributed by atoms with Crippen molar-refractivity contribution in [3.05, 3.63) is 71.0 Å². The number of nitrogens with one attached hydrogen (secondary N) is 1. The number of nitriles is 1. The molecule has 0 spiro atoms. The summed E-state index contributed by atoms with van der Waals surface area (Å²) in [6, 6.07) is 14.6. The molecule has 1 atom stereocenters. The van der Waals surface area contributed by atoms with Crippen molar-refractivity contribution in [1.82, 2.24) is 10.2 Å². The highest BCUT2D eigenvalue weighted by Crippen LogP contribution is 2.19. The molecular weight excluding hydrogens is 345 g/mol. The first-order valence-electron chi connectivity index (χ1n) is 8.88. The van der Waals surface area contributed by atoms with E-state index < -0.39 is 0 Å². The summed E-state index contributed by atoms with van der Waals surface area (Å²) in [6.45, 7) is 1.33. The van der Waals surface area contributed by atoms with Gasteiger partial charge in [0.05, 0.1) is 17.6 Å². The van der Waals surface area contributed by atoms with Crippen molar-refractivity contribution in [2.75, 3.05) is 13.1 Å². The smallest absolute Gasteiger partial charge is 0.253 e. The fourth-order valence-electron chi connectivity index (χ4n) is 3.18. The van der Waals surface area contributed by atoms with E-state index in [9.17, 15) is 14.0 Å². The van der Waals surface area contributed by atoms with Crippen molar-refractivity contribution >= 4 is 11.8 Å². The molecule has 5 nitrogen and oxygen atoms in total. The monoisotopic (exact) mass is 365 g/mol. The largest absolute Gasteiger partial charge is 0.352 e. The summed E-state index contributed by atoms with van der Waals surface area (Å²) in [5.74, 6) is -0.915. The second kappa shape index (κ2) is 8.45. The lowest BCUT2D eigenvalue weighted by atomic mass is 9.96. The number of carbonyl (C=O) groups excluding carboxylic acids is 2. The van der Waals surface area contributed by atoms with Crippen LogP contribution in [-0.2, 0) is 11.3 Å². The number of piperidine rings is 1. The van der Waals surface area contributed by atoms with Crippen molar-refractivity contribution in [3.8, 4) is 6.07 Å². The van der Waals surface area contributed by atoms with Gasteiger partial charge in [0, 0.05) is 25.2 Å². The zero-order valence-electron chi connectivity index (χ0n) is 14.8. The Kier molecular flexibility index (Phi) is 5.82. The zero-order chi connectivity index (χ0) is 19.2. The van der Waals surface area contributed by atoms with Gasteiger partial charge in [-0.15, -0.1) is 0 Å². The van der Waals surface area contributed by atoms with Crippen LogP contribution in [0.25, 0.3) is 0 Å². The van der Waals surface area contributed by atoms with Gasteiger partial charge in [-0.1, -0.05) is 12.1 Å². The molecule has 2 aromatic carbocycles. The molecule has 1 unspecified atom stereocenters. The number of amides is 2. The van der Waals surface area contributed by atoms with E-state index in [4.69, 9.17) is 5.26 Å². The van der Waals surface area contributed by atoms with Crippen LogP contribution in [-0.4, -0.2) is 29.8 Å². The number of carbonyl (C=O) groups is 2. The van der Waals surface area contributed by atoms with Crippen molar-refractivity contribution in [1.29, 1.82) is 5.26 Å². The summed E-state index contributed by atoms with van der Waals surface area (Å²) >= 11 is 0. The Morgan fingerprint density at radius 3 is 2.52 bits per heavy atom. The zero-order valence-corrected chi connectivity index (χ0v) is 14.8. The third-order valence-corrected chi connectivity index (χ3v) is 4.72. The average molecular weight is 365 g/mol. The van der Waals surface area contributed by atoms with E-state index in [0.717, 1.165) is 18.4 Å². The Morgan fingerprint density at radius 1 is 1.15 bits per heavy atom. The standard InChI is InChI=1S/C21H20FN3O2/c22-19-9-7-17(8-10-19)21(27)25-11-1-2-18(14-25)20(26)24-13-16-5-3-15(12-23)4-6-16/h3-10,18H,1-2,11,13-14H2,(H,24,26). The molecule has 2 amide bonds. The highest BCUT2D eigenvalue weighted by Gasteiger charge is 2.28. The Hall–Kier alpha value is -3.20. The van der Waals surface area contributed by atoms with Crippen LogP contribution in [0.5, 0.6) is 0 Å². The first kappa shape index (κ1) is 18.6. The van der Waals surface area contributed by atoms with Gasteiger partial charge in [0.1, 0.15) is 5.82 Å². The number of nitrogens with zero attached hydrogens (tertiary/aromatic N) is 2. The molecule has 0 aliphatic carbocycles. The maximum Gasteiger partial charge on any atom is 0.253 e. The lowest BCUT2D eigenvalue weighted by Gasteiger charge is -2.32. The third-order valence-electron chi connectivity index (χ3n) is 4.72. The molecule has 1 N–H and O–H groups in total. The second-order valence-electron chi connectivity index (χ2n) is 6.62. The van der Waals surface area contributed by atoms with Crippen LogP contribution >= 0.6 is 0 Å². The van der Waals surface area contributed by atoms with Gasteiger partial charge in [-0.05, 0) is 54.8 Å².